The van der Waals surface area contributed by atoms with Gasteiger partial charge in [0, 0.05) is 12.7 Å². The highest BCUT2D eigenvalue weighted by molar-refractivity contribution is 6.32. The standard InChI is InChI=1S/C20H13ClF3N3/c21-18-15(7-4-10-25-18)19-26-16-8-1-2-9-17(16)27(19)12-13-5-3-6-14(11-13)20(22,23)24/h1-11H,12H2. The van der Waals surface area contributed by atoms with Gasteiger partial charge >= 0.3 is 6.18 Å². The first-order chi connectivity index (χ1) is 12.9. The molecular weight excluding hydrogens is 375 g/mol. The van der Waals surface area contributed by atoms with Crippen LogP contribution in [0.2, 0.25) is 5.15 Å². The van der Waals surface area contributed by atoms with Gasteiger partial charge in [-0.1, -0.05) is 35.9 Å². The Bertz CT molecular complexity index is 1120. The fourth-order valence-electron chi connectivity index (χ4n) is 3.02. The van der Waals surface area contributed by atoms with Crippen molar-refractivity contribution in [3.8, 4) is 11.4 Å². The van der Waals surface area contributed by atoms with E-state index in [9.17, 15) is 13.2 Å². The zero-order valence-corrected chi connectivity index (χ0v) is 14.7. The molecule has 0 aliphatic rings. The van der Waals surface area contributed by atoms with Crippen LogP contribution in [0.15, 0.2) is 66.9 Å². The van der Waals surface area contributed by atoms with E-state index in [1.54, 1.807) is 24.4 Å². The zero-order valence-electron chi connectivity index (χ0n) is 13.9. The summed E-state index contributed by atoms with van der Waals surface area (Å²) >= 11 is 6.23. The molecule has 136 valence electrons. The highest BCUT2D eigenvalue weighted by atomic mass is 35.5. The number of hydrogen-bond donors (Lipinski definition) is 0. The molecule has 0 N–H and O–H groups in total. The van der Waals surface area contributed by atoms with Gasteiger partial charge in [-0.3, -0.25) is 0 Å². The molecule has 2 aromatic carbocycles. The Morgan fingerprint density at radius 3 is 2.56 bits per heavy atom. The maximum atomic E-state index is 13.1. The minimum absolute atomic E-state index is 0.227. The van der Waals surface area contributed by atoms with Crippen LogP contribution in [0, 0.1) is 0 Å². The number of fused-ring (bicyclic) bond motifs is 1. The predicted octanol–water partition coefficient (Wildman–Crippen LogP) is 5.82. The summed E-state index contributed by atoms with van der Waals surface area (Å²) in [5.74, 6) is 0.562. The van der Waals surface area contributed by atoms with E-state index in [0.29, 0.717) is 17.0 Å². The lowest BCUT2D eigenvalue weighted by Gasteiger charge is -2.12. The molecule has 0 atom stereocenters. The second-order valence-electron chi connectivity index (χ2n) is 6.05. The number of benzene rings is 2. The number of rotatable bonds is 3. The average molecular weight is 388 g/mol. The van der Waals surface area contributed by atoms with Crippen LogP contribution >= 0.6 is 11.6 Å². The number of pyridine rings is 1. The van der Waals surface area contributed by atoms with Crippen LogP contribution in [0.4, 0.5) is 13.2 Å². The average Bonchev–Trinajstić information content (AvgIpc) is 3.00. The van der Waals surface area contributed by atoms with E-state index in [4.69, 9.17) is 11.6 Å². The lowest BCUT2D eigenvalue weighted by Crippen LogP contribution is -2.07. The minimum atomic E-state index is -4.39. The van der Waals surface area contributed by atoms with E-state index < -0.39 is 11.7 Å². The third kappa shape index (κ3) is 3.40. The van der Waals surface area contributed by atoms with Gasteiger partial charge in [-0.25, -0.2) is 9.97 Å². The summed E-state index contributed by atoms with van der Waals surface area (Å²) in [6.07, 6.45) is -2.81. The Morgan fingerprint density at radius 1 is 0.963 bits per heavy atom. The van der Waals surface area contributed by atoms with Crippen LogP contribution in [0.3, 0.4) is 0 Å². The van der Waals surface area contributed by atoms with Crippen LogP contribution in [-0.4, -0.2) is 14.5 Å². The Kier molecular flexibility index (Phi) is 4.36. The van der Waals surface area contributed by atoms with Crippen molar-refractivity contribution in [3.05, 3.63) is 83.1 Å². The van der Waals surface area contributed by atoms with E-state index >= 15 is 0 Å². The number of para-hydroxylation sites is 2. The summed E-state index contributed by atoms with van der Waals surface area (Å²) in [7, 11) is 0. The van der Waals surface area contributed by atoms with E-state index in [0.717, 1.165) is 23.2 Å². The normalized spacial score (nSPS) is 11.9. The Balaban J connectivity index is 1.87. The fourth-order valence-corrected chi connectivity index (χ4v) is 3.23. The number of imidazole rings is 1. The zero-order chi connectivity index (χ0) is 19.0. The molecule has 4 rings (SSSR count). The second kappa shape index (κ2) is 6.70. The highest BCUT2D eigenvalue weighted by Gasteiger charge is 2.30. The van der Waals surface area contributed by atoms with Gasteiger partial charge in [0.25, 0.3) is 0 Å². The molecule has 4 aromatic rings. The number of hydrogen-bond acceptors (Lipinski definition) is 2. The molecule has 0 saturated carbocycles. The van der Waals surface area contributed by atoms with Crippen molar-refractivity contribution in [2.75, 3.05) is 0 Å². The van der Waals surface area contributed by atoms with Gasteiger partial charge in [0.2, 0.25) is 0 Å². The Hall–Kier alpha value is -2.86. The van der Waals surface area contributed by atoms with Gasteiger partial charge in [-0.15, -0.1) is 0 Å². The molecule has 0 fully saturated rings. The molecule has 0 saturated heterocycles. The van der Waals surface area contributed by atoms with E-state index in [1.807, 2.05) is 28.8 Å². The summed E-state index contributed by atoms with van der Waals surface area (Å²) in [5, 5.41) is 0.290. The van der Waals surface area contributed by atoms with Gasteiger partial charge in [-0.2, -0.15) is 13.2 Å². The molecule has 0 bridgehead atoms. The molecule has 0 unspecified atom stereocenters. The van der Waals surface area contributed by atoms with Crippen LogP contribution < -0.4 is 0 Å². The van der Waals surface area contributed by atoms with Crippen LogP contribution in [0.1, 0.15) is 11.1 Å². The van der Waals surface area contributed by atoms with Crippen molar-refractivity contribution < 1.29 is 13.2 Å². The third-order valence-electron chi connectivity index (χ3n) is 4.25. The van der Waals surface area contributed by atoms with E-state index in [1.165, 1.54) is 6.07 Å². The molecule has 0 radical (unpaired) electrons. The first-order valence-electron chi connectivity index (χ1n) is 8.16. The van der Waals surface area contributed by atoms with Gasteiger partial charge in [0.1, 0.15) is 11.0 Å². The van der Waals surface area contributed by atoms with Gasteiger partial charge in [-0.05, 0) is 42.0 Å². The summed E-state index contributed by atoms with van der Waals surface area (Å²) in [4.78, 5) is 8.71. The van der Waals surface area contributed by atoms with Crippen LogP contribution in [0.5, 0.6) is 0 Å². The number of alkyl halides is 3. The van der Waals surface area contributed by atoms with Crippen LogP contribution in [0.25, 0.3) is 22.4 Å². The van der Waals surface area contributed by atoms with E-state index in [-0.39, 0.29) is 11.7 Å². The van der Waals surface area contributed by atoms with Gasteiger partial charge in [0.05, 0.1) is 22.2 Å². The number of aromatic nitrogens is 3. The van der Waals surface area contributed by atoms with Crippen molar-refractivity contribution in [1.82, 2.24) is 14.5 Å². The van der Waals surface area contributed by atoms with Crippen molar-refractivity contribution in [2.45, 2.75) is 12.7 Å². The smallest absolute Gasteiger partial charge is 0.319 e. The quantitative estimate of drug-likeness (QED) is 0.415. The summed E-state index contributed by atoms with van der Waals surface area (Å²) in [5.41, 5.74) is 2.02. The fraction of sp³-hybridized carbons (Fsp3) is 0.100. The van der Waals surface area contributed by atoms with Crippen molar-refractivity contribution in [2.24, 2.45) is 0 Å². The lowest BCUT2D eigenvalue weighted by atomic mass is 10.1. The molecule has 3 nitrogen and oxygen atoms in total. The predicted molar refractivity (Wildman–Crippen MR) is 98.5 cm³/mol. The maximum Gasteiger partial charge on any atom is 0.416 e. The summed E-state index contributed by atoms with van der Waals surface area (Å²) < 4.78 is 41.0. The highest BCUT2D eigenvalue weighted by Crippen LogP contribution is 2.32. The summed E-state index contributed by atoms with van der Waals surface area (Å²) in [6, 6.07) is 16.3. The topological polar surface area (TPSA) is 30.7 Å². The largest absolute Gasteiger partial charge is 0.416 e. The molecule has 7 heteroatoms. The van der Waals surface area contributed by atoms with Crippen LogP contribution in [-0.2, 0) is 12.7 Å². The van der Waals surface area contributed by atoms with Crippen molar-refractivity contribution in [3.63, 3.8) is 0 Å². The second-order valence-corrected chi connectivity index (χ2v) is 6.41. The van der Waals surface area contributed by atoms with Crippen molar-refractivity contribution in [1.29, 1.82) is 0 Å². The lowest BCUT2D eigenvalue weighted by molar-refractivity contribution is -0.137. The van der Waals surface area contributed by atoms with Crippen molar-refractivity contribution >= 4 is 22.6 Å². The molecule has 0 aliphatic carbocycles. The number of halogens is 4. The Morgan fingerprint density at radius 2 is 1.78 bits per heavy atom. The molecule has 27 heavy (non-hydrogen) atoms. The number of nitrogens with zero attached hydrogens (tertiary/aromatic N) is 3. The SMILES string of the molecule is FC(F)(F)c1cccc(Cn2c(-c3cccnc3Cl)nc3ccccc32)c1. The molecule has 0 aliphatic heterocycles. The van der Waals surface area contributed by atoms with Gasteiger partial charge in [0.15, 0.2) is 0 Å². The molecule has 2 heterocycles. The first-order valence-corrected chi connectivity index (χ1v) is 8.53. The molecule has 0 spiro atoms. The molecule has 2 aromatic heterocycles. The first kappa shape index (κ1) is 17.5. The van der Waals surface area contributed by atoms with Gasteiger partial charge < -0.3 is 4.57 Å². The summed E-state index contributed by atoms with van der Waals surface area (Å²) in [6.45, 7) is 0.227. The molecule has 0 amide bonds. The maximum absolute atomic E-state index is 13.1. The van der Waals surface area contributed by atoms with E-state index in [2.05, 4.69) is 9.97 Å². The Labute approximate surface area is 158 Å². The minimum Gasteiger partial charge on any atom is -0.319 e. The monoisotopic (exact) mass is 387 g/mol. The third-order valence-corrected chi connectivity index (χ3v) is 4.55. The molecular formula is C20H13ClF3N3.